The summed E-state index contributed by atoms with van der Waals surface area (Å²) in [5.41, 5.74) is 7.29. The third kappa shape index (κ3) is 1.83. The quantitative estimate of drug-likeness (QED) is 0.607. The van der Waals surface area contributed by atoms with E-state index in [1.807, 2.05) is 24.3 Å². The van der Waals surface area contributed by atoms with Gasteiger partial charge in [0.05, 0.1) is 0 Å². The number of nitrogens with zero attached hydrogens (tertiary/aromatic N) is 1. The van der Waals surface area contributed by atoms with Crippen molar-refractivity contribution in [2.24, 2.45) is 5.73 Å². The van der Waals surface area contributed by atoms with Crippen LogP contribution in [0.25, 0.3) is 0 Å². The molecule has 1 aromatic carbocycles. The minimum Gasteiger partial charge on any atom is -0.361 e. The number of hydrogen-bond donors (Lipinski definition) is 1. The number of nitrogens with two attached hydrogens (primary N) is 1. The van der Waals surface area contributed by atoms with E-state index in [-0.39, 0.29) is 0 Å². The Morgan fingerprint density at radius 3 is 2.53 bits per heavy atom. The van der Waals surface area contributed by atoms with Crippen LogP contribution in [-0.2, 0) is 22.6 Å². The minimum absolute atomic E-state index is 0.484. The zero-order valence-electron chi connectivity index (χ0n) is 8.27. The second-order valence-corrected chi connectivity index (χ2v) is 3.61. The van der Waals surface area contributed by atoms with Gasteiger partial charge in [-0.1, -0.05) is 24.3 Å². The Bertz CT molecular complexity index is 415. The second-order valence-electron chi connectivity index (χ2n) is 3.61. The van der Waals surface area contributed by atoms with E-state index in [4.69, 9.17) is 5.73 Å². The van der Waals surface area contributed by atoms with Gasteiger partial charge in [0.2, 0.25) is 0 Å². The summed E-state index contributed by atoms with van der Waals surface area (Å²) in [5, 5.41) is 0. The minimum atomic E-state index is -0.880. The predicted molar refractivity (Wildman–Crippen MR) is 54.8 cm³/mol. The van der Waals surface area contributed by atoms with E-state index in [9.17, 15) is 9.59 Å². The van der Waals surface area contributed by atoms with E-state index in [1.54, 1.807) is 0 Å². The Morgan fingerprint density at radius 2 is 1.87 bits per heavy atom. The van der Waals surface area contributed by atoms with Gasteiger partial charge in [0.1, 0.15) is 0 Å². The van der Waals surface area contributed by atoms with Crippen LogP contribution in [0.5, 0.6) is 0 Å². The lowest BCUT2D eigenvalue weighted by Gasteiger charge is -2.27. The molecule has 1 aliphatic heterocycles. The summed E-state index contributed by atoms with van der Waals surface area (Å²) in [4.78, 5) is 23.6. The third-order valence-electron chi connectivity index (χ3n) is 2.63. The molecule has 0 fully saturated rings. The van der Waals surface area contributed by atoms with E-state index < -0.39 is 11.8 Å². The fourth-order valence-corrected chi connectivity index (χ4v) is 1.82. The van der Waals surface area contributed by atoms with Crippen molar-refractivity contribution < 1.29 is 9.59 Å². The molecule has 0 saturated carbocycles. The van der Waals surface area contributed by atoms with Crippen molar-refractivity contribution in [2.45, 2.75) is 13.0 Å². The number of rotatable bonds is 0. The number of fused-ring (bicyclic) bond motifs is 1. The van der Waals surface area contributed by atoms with Crippen molar-refractivity contribution in [2.75, 3.05) is 6.54 Å². The van der Waals surface area contributed by atoms with Gasteiger partial charge in [-0.3, -0.25) is 9.59 Å². The fourth-order valence-electron chi connectivity index (χ4n) is 1.82. The Labute approximate surface area is 87.7 Å². The van der Waals surface area contributed by atoms with Gasteiger partial charge in [0, 0.05) is 13.1 Å². The Hall–Kier alpha value is -1.84. The molecule has 0 aromatic heterocycles. The molecule has 4 nitrogen and oxygen atoms in total. The first-order chi connectivity index (χ1) is 7.18. The largest absolute Gasteiger partial charge is 0.361 e. The van der Waals surface area contributed by atoms with E-state index in [2.05, 4.69) is 0 Å². The first-order valence-electron chi connectivity index (χ1n) is 4.84. The van der Waals surface area contributed by atoms with Crippen molar-refractivity contribution >= 4 is 11.8 Å². The van der Waals surface area contributed by atoms with E-state index in [1.165, 1.54) is 10.5 Å². The van der Waals surface area contributed by atoms with E-state index in [0.717, 1.165) is 12.0 Å². The summed E-state index contributed by atoms with van der Waals surface area (Å²) in [6.45, 7) is 1.05. The highest BCUT2D eigenvalue weighted by Gasteiger charge is 2.23. The van der Waals surface area contributed by atoms with Gasteiger partial charge < -0.3 is 10.6 Å². The summed E-state index contributed by atoms with van der Waals surface area (Å²) >= 11 is 0. The fraction of sp³-hybridized carbons (Fsp3) is 0.273. The SMILES string of the molecule is NC(=O)C(=O)N1CCc2ccccc2C1. The molecule has 1 heterocycles. The highest BCUT2D eigenvalue weighted by atomic mass is 16.2. The summed E-state index contributed by atoms with van der Waals surface area (Å²) in [6, 6.07) is 7.92. The molecule has 0 atom stereocenters. The van der Waals surface area contributed by atoms with Crippen LogP contribution >= 0.6 is 0 Å². The van der Waals surface area contributed by atoms with Crippen molar-refractivity contribution in [3.63, 3.8) is 0 Å². The van der Waals surface area contributed by atoms with Gasteiger partial charge in [0.25, 0.3) is 0 Å². The highest BCUT2D eigenvalue weighted by Crippen LogP contribution is 2.18. The van der Waals surface area contributed by atoms with Crippen LogP contribution in [0.3, 0.4) is 0 Å². The molecule has 1 aliphatic rings. The van der Waals surface area contributed by atoms with Gasteiger partial charge in [-0.15, -0.1) is 0 Å². The van der Waals surface area contributed by atoms with Crippen LogP contribution in [-0.4, -0.2) is 23.3 Å². The number of primary amides is 1. The molecule has 0 aliphatic carbocycles. The molecular formula is C11H12N2O2. The molecule has 78 valence electrons. The van der Waals surface area contributed by atoms with Crippen LogP contribution in [0, 0.1) is 0 Å². The molecule has 2 N–H and O–H groups in total. The van der Waals surface area contributed by atoms with Crippen molar-refractivity contribution in [1.29, 1.82) is 0 Å². The molecule has 0 unspecified atom stereocenters. The second kappa shape index (κ2) is 3.73. The number of benzene rings is 1. The van der Waals surface area contributed by atoms with E-state index in [0.29, 0.717) is 13.1 Å². The first-order valence-corrected chi connectivity index (χ1v) is 4.84. The highest BCUT2D eigenvalue weighted by molar-refractivity contribution is 6.34. The zero-order chi connectivity index (χ0) is 10.8. The summed E-state index contributed by atoms with van der Waals surface area (Å²) in [5.74, 6) is -1.47. The van der Waals surface area contributed by atoms with Gasteiger partial charge in [-0.05, 0) is 17.5 Å². The van der Waals surface area contributed by atoms with Gasteiger partial charge in [-0.2, -0.15) is 0 Å². The molecule has 0 radical (unpaired) electrons. The Balaban J connectivity index is 2.19. The predicted octanol–water partition coefficient (Wildman–Crippen LogP) is 0.0566. The molecule has 15 heavy (non-hydrogen) atoms. The van der Waals surface area contributed by atoms with Gasteiger partial charge in [-0.25, -0.2) is 0 Å². The standard InChI is InChI=1S/C11H12N2O2/c12-10(14)11(15)13-6-5-8-3-1-2-4-9(8)7-13/h1-4H,5-7H2,(H2,12,14). The smallest absolute Gasteiger partial charge is 0.311 e. The van der Waals surface area contributed by atoms with Crippen LogP contribution in [0.4, 0.5) is 0 Å². The van der Waals surface area contributed by atoms with Crippen molar-refractivity contribution in [3.05, 3.63) is 35.4 Å². The topological polar surface area (TPSA) is 63.4 Å². The average molecular weight is 204 g/mol. The van der Waals surface area contributed by atoms with Crippen molar-refractivity contribution in [1.82, 2.24) is 4.90 Å². The lowest BCUT2D eigenvalue weighted by molar-refractivity contribution is -0.144. The maximum Gasteiger partial charge on any atom is 0.311 e. The van der Waals surface area contributed by atoms with Crippen LogP contribution in [0.2, 0.25) is 0 Å². The zero-order valence-corrected chi connectivity index (χ0v) is 8.27. The first kappa shape index (κ1) is 9.71. The summed E-state index contributed by atoms with van der Waals surface area (Å²) in [7, 11) is 0. The maximum absolute atomic E-state index is 11.4. The Morgan fingerprint density at radius 1 is 1.20 bits per heavy atom. The van der Waals surface area contributed by atoms with Crippen molar-refractivity contribution in [3.8, 4) is 0 Å². The van der Waals surface area contributed by atoms with Crippen LogP contribution in [0.15, 0.2) is 24.3 Å². The molecule has 2 rings (SSSR count). The molecule has 0 spiro atoms. The molecule has 0 saturated heterocycles. The Kier molecular flexibility index (Phi) is 2.41. The number of carbonyl (C=O) groups is 2. The monoisotopic (exact) mass is 204 g/mol. The molecule has 1 aromatic rings. The van der Waals surface area contributed by atoms with Gasteiger partial charge >= 0.3 is 11.8 Å². The van der Waals surface area contributed by atoms with Gasteiger partial charge in [0.15, 0.2) is 0 Å². The maximum atomic E-state index is 11.4. The lowest BCUT2D eigenvalue weighted by atomic mass is 10.00. The molecule has 4 heteroatoms. The van der Waals surface area contributed by atoms with E-state index >= 15 is 0 Å². The molecule has 0 bridgehead atoms. The molecule has 2 amide bonds. The number of amides is 2. The number of hydrogen-bond acceptors (Lipinski definition) is 2. The summed E-state index contributed by atoms with van der Waals surface area (Å²) < 4.78 is 0. The average Bonchev–Trinajstić information content (AvgIpc) is 2.27. The lowest BCUT2D eigenvalue weighted by Crippen LogP contribution is -2.42. The third-order valence-corrected chi connectivity index (χ3v) is 2.63. The summed E-state index contributed by atoms with van der Waals surface area (Å²) in [6.07, 6.45) is 0.787. The van der Waals surface area contributed by atoms with Crippen LogP contribution < -0.4 is 5.73 Å². The normalized spacial score (nSPS) is 14.5. The number of carbonyl (C=O) groups excluding carboxylic acids is 2. The molecular weight excluding hydrogens is 192 g/mol. The van der Waals surface area contributed by atoms with Crippen LogP contribution in [0.1, 0.15) is 11.1 Å².